The van der Waals surface area contributed by atoms with Crippen molar-refractivity contribution in [3.63, 3.8) is 0 Å². The highest BCUT2D eigenvalue weighted by molar-refractivity contribution is 5.88. The van der Waals surface area contributed by atoms with Crippen molar-refractivity contribution in [3.8, 4) is 0 Å². The lowest BCUT2D eigenvalue weighted by Gasteiger charge is -2.14. The number of nitrogens with one attached hydrogen (secondary N) is 1. The lowest BCUT2D eigenvalue weighted by molar-refractivity contribution is 0.0697. The molecule has 1 unspecified atom stereocenters. The van der Waals surface area contributed by atoms with Gasteiger partial charge in [-0.1, -0.05) is 32.6 Å². The number of pyridine rings is 1. The van der Waals surface area contributed by atoms with Crippen LogP contribution in [-0.2, 0) is 0 Å². The van der Waals surface area contributed by atoms with E-state index < -0.39 is 5.97 Å². The normalized spacial score (nSPS) is 12.1. The zero-order valence-corrected chi connectivity index (χ0v) is 11.1. The maximum atomic E-state index is 10.8. The standard InChI is InChI=1S/C14H22N2O2/c1-3-4-5-6-7-11(2)16-13-10-12(14(17)18)8-9-15-13/h8-11H,3-7H2,1-2H3,(H,15,16)(H,17,18). The Hall–Kier alpha value is -1.58. The Bertz CT molecular complexity index is 380. The molecule has 0 saturated carbocycles. The summed E-state index contributed by atoms with van der Waals surface area (Å²) in [7, 11) is 0. The van der Waals surface area contributed by atoms with Crippen molar-refractivity contribution < 1.29 is 9.90 Å². The van der Waals surface area contributed by atoms with E-state index in [4.69, 9.17) is 5.11 Å². The summed E-state index contributed by atoms with van der Waals surface area (Å²) >= 11 is 0. The van der Waals surface area contributed by atoms with Crippen molar-refractivity contribution >= 4 is 11.8 Å². The molecular formula is C14H22N2O2. The van der Waals surface area contributed by atoms with E-state index in [0.717, 1.165) is 6.42 Å². The minimum absolute atomic E-state index is 0.269. The molecule has 1 atom stereocenters. The van der Waals surface area contributed by atoms with Gasteiger partial charge in [0, 0.05) is 12.2 Å². The molecule has 2 N–H and O–H groups in total. The molecule has 1 aromatic rings. The summed E-state index contributed by atoms with van der Waals surface area (Å²) in [6.45, 7) is 4.30. The molecule has 0 saturated heterocycles. The lowest BCUT2D eigenvalue weighted by Crippen LogP contribution is -2.16. The Kier molecular flexibility index (Phi) is 6.19. The lowest BCUT2D eigenvalue weighted by atomic mass is 10.1. The SMILES string of the molecule is CCCCCCC(C)Nc1cc(C(=O)O)ccn1. The second kappa shape index (κ2) is 7.69. The van der Waals surface area contributed by atoms with Crippen LogP contribution in [0.15, 0.2) is 18.3 Å². The van der Waals surface area contributed by atoms with Crippen LogP contribution in [0.1, 0.15) is 56.3 Å². The molecule has 18 heavy (non-hydrogen) atoms. The fraction of sp³-hybridized carbons (Fsp3) is 0.571. The summed E-state index contributed by atoms with van der Waals surface area (Å²) in [4.78, 5) is 15.0. The van der Waals surface area contributed by atoms with E-state index in [0.29, 0.717) is 11.9 Å². The third-order valence-corrected chi connectivity index (χ3v) is 2.89. The molecule has 1 rings (SSSR count). The van der Waals surface area contributed by atoms with Gasteiger partial charge < -0.3 is 10.4 Å². The van der Waals surface area contributed by atoms with E-state index >= 15 is 0 Å². The molecule has 0 radical (unpaired) electrons. The van der Waals surface area contributed by atoms with Gasteiger partial charge in [0.05, 0.1) is 5.56 Å². The molecule has 4 nitrogen and oxygen atoms in total. The van der Waals surface area contributed by atoms with Gasteiger partial charge in [-0.2, -0.15) is 0 Å². The predicted octanol–water partition coefficient (Wildman–Crippen LogP) is 3.55. The van der Waals surface area contributed by atoms with E-state index in [9.17, 15) is 4.79 Å². The quantitative estimate of drug-likeness (QED) is 0.693. The van der Waals surface area contributed by atoms with Gasteiger partial charge in [0.25, 0.3) is 0 Å². The highest BCUT2D eigenvalue weighted by Gasteiger charge is 2.06. The molecule has 1 heterocycles. The van der Waals surface area contributed by atoms with E-state index in [1.54, 1.807) is 6.07 Å². The number of carboxylic acids is 1. The summed E-state index contributed by atoms with van der Waals surface area (Å²) in [6, 6.07) is 3.39. The van der Waals surface area contributed by atoms with Crippen molar-refractivity contribution in [1.82, 2.24) is 4.98 Å². The van der Waals surface area contributed by atoms with Gasteiger partial charge in [0.2, 0.25) is 0 Å². The molecule has 0 bridgehead atoms. The van der Waals surface area contributed by atoms with Crippen molar-refractivity contribution in [2.24, 2.45) is 0 Å². The Labute approximate surface area is 108 Å². The number of aromatic nitrogens is 1. The molecule has 0 aliphatic rings. The van der Waals surface area contributed by atoms with E-state index in [2.05, 4.69) is 24.1 Å². The Morgan fingerprint density at radius 1 is 1.44 bits per heavy atom. The third kappa shape index (κ3) is 5.17. The van der Waals surface area contributed by atoms with Crippen LogP contribution in [-0.4, -0.2) is 22.1 Å². The number of carboxylic acid groups (broad SMARTS) is 1. The maximum Gasteiger partial charge on any atom is 0.335 e. The van der Waals surface area contributed by atoms with Crippen LogP contribution < -0.4 is 5.32 Å². The predicted molar refractivity (Wildman–Crippen MR) is 73.0 cm³/mol. The highest BCUT2D eigenvalue weighted by atomic mass is 16.4. The summed E-state index contributed by atoms with van der Waals surface area (Å²) in [6.07, 6.45) is 7.57. The molecule has 0 amide bonds. The fourth-order valence-electron chi connectivity index (χ4n) is 1.84. The van der Waals surface area contributed by atoms with Gasteiger partial charge in [0.1, 0.15) is 5.82 Å². The van der Waals surface area contributed by atoms with Crippen LogP contribution in [0.5, 0.6) is 0 Å². The van der Waals surface area contributed by atoms with E-state index in [1.165, 1.54) is 37.9 Å². The van der Waals surface area contributed by atoms with Gasteiger partial charge in [-0.3, -0.25) is 0 Å². The first-order valence-corrected chi connectivity index (χ1v) is 6.59. The van der Waals surface area contributed by atoms with Crippen molar-refractivity contribution in [2.75, 3.05) is 5.32 Å². The molecule has 1 aromatic heterocycles. The van der Waals surface area contributed by atoms with Gasteiger partial charge >= 0.3 is 5.97 Å². The molecule has 100 valence electrons. The van der Waals surface area contributed by atoms with E-state index in [1.807, 2.05) is 0 Å². The number of hydrogen-bond acceptors (Lipinski definition) is 3. The molecule has 0 fully saturated rings. The average molecular weight is 250 g/mol. The first-order chi connectivity index (χ1) is 8.63. The summed E-state index contributed by atoms with van der Waals surface area (Å²) in [5.41, 5.74) is 0.269. The van der Waals surface area contributed by atoms with Gasteiger partial charge in [-0.15, -0.1) is 0 Å². The van der Waals surface area contributed by atoms with Crippen LogP contribution >= 0.6 is 0 Å². The zero-order chi connectivity index (χ0) is 13.4. The third-order valence-electron chi connectivity index (χ3n) is 2.89. The second-order valence-corrected chi connectivity index (χ2v) is 4.63. The summed E-state index contributed by atoms with van der Waals surface area (Å²) < 4.78 is 0. The van der Waals surface area contributed by atoms with Gasteiger partial charge in [-0.25, -0.2) is 9.78 Å². The number of unbranched alkanes of at least 4 members (excludes halogenated alkanes) is 3. The van der Waals surface area contributed by atoms with Crippen molar-refractivity contribution in [3.05, 3.63) is 23.9 Å². The number of aromatic carboxylic acids is 1. The Balaban J connectivity index is 2.41. The number of carbonyl (C=O) groups is 1. The second-order valence-electron chi connectivity index (χ2n) is 4.63. The molecule has 0 aliphatic carbocycles. The summed E-state index contributed by atoms with van der Waals surface area (Å²) in [5.74, 6) is -0.283. The average Bonchev–Trinajstić information content (AvgIpc) is 2.35. The number of rotatable bonds is 8. The van der Waals surface area contributed by atoms with Crippen LogP contribution in [0.2, 0.25) is 0 Å². The monoisotopic (exact) mass is 250 g/mol. The number of hydrogen-bond donors (Lipinski definition) is 2. The zero-order valence-electron chi connectivity index (χ0n) is 11.1. The number of anilines is 1. The fourth-order valence-corrected chi connectivity index (χ4v) is 1.84. The smallest absolute Gasteiger partial charge is 0.335 e. The molecule has 0 aliphatic heterocycles. The summed E-state index contributed by atoms with van der Waals surface area (Å²) in [5, 5.41) is 12.1. The van der Waals surface area contributed by atoms with E-state index in [-0.39, 0.29) is 5.56 Å². The van der Waals surface area contributed by atoms with Crippen molar-refractivity contribution in [1.29, 1.82) is 0 Å². The Morgan fingerprint density at radius 3 is 2.89 bits per heavy atom. The largest absolute Gasteiger partial charge is 0.478 e. The molecular weight excluding hydrogens is 228 g/mol. The van der Waals surface area contributed by atoms with Crippen LogP contribution in [0.4, 0.5) is 5.82 Å². The van der Waals surface area contributed by atoms with Crippen LogP contribution in [0.25, 0.3) is 0 Å². The van der Waals surface area contributed by atoms with Gasteiger partial charge in [-0.05, 0) is 25.5 Å². The molecule has 0 aromatic carbocycles. The minimum atomic E-state index is -0.920. The highest BCUT2D eigenvalue weighted by Crippen LogP contribution is 2.12. The topological polar surface area (TPSA) is 62.2 Å². The minimum Gasteiger partial charge on any atom is -0.478 e. The maximum absolute atomic E-state index is 10.8. The van der Waals surface area contributed by atoms with Gasteiger partial charge in [0.15, 0.2) is 0 Å². The van der Waals surface area contributed by atoms with Crippen molar-refractivity contribution in [2.45, 2.75) is 52.0 Å². The number of nitrogens with zero attached hydrogens (tertiary/aromatic N) is 1. The Morgan fingerprint density at radius 2 is 2.22 bits per heavy atom. The molecule has 4 heteroatoms. The van der Waals surface area contributed by atoms with Crippen LogP contribution in [0.3, 0.4) is 0 Å². The first kappa shape index (κ1) is 14.5. The first-order valence-electron chi connectivity index (χ1n) is 6.59. The molecule has 0 spiro atoms. The van der Waals surface area contributed by atoms with Crippen LogP contribution in [0, 0.1) is 0 Å².